The van der Waals surface area contributed by atoms with Gasteiger partial charge in [-0.15, -0.1) is 0 Å². The van der Waals surface area contributed by atoms with Gasteiger partial charge in [0, 0.05) is 18.3 Å². The summed E-state index contributed by atoms with van der Waals surface area (Å²) in [6.07, 6.45) is 1.86. The van der Waals surface area contributed by atoms with Crippen LogP contribution in [0.3, 0.4) is 0 Å². The van der Waals surface area contributed by atoms with Crippen LogP contribution in [0.15, 0.2) is 66.0 Å². The molecule has 2 aromatic carbocycles. The minimum absolute atomic E-state index is 0.0142. The van der Waals surface area contributed by atoms with E-state index in [1.165, 1.54) is 17.3 Å². The number of nitrogens with zero attached hydrogens (tertiary/aromatic N) is 2. The number of imidazole rings is 1. The van der Waals surface area contributed by atoms with Gasteiger partial charge in [-0.3, -0.25) is 9.36 Å². The number of nitrogens with one attached hydrogen (secondary N) is 1. The standard InChI is InChI=1S/C19H19N3OS/c1-14-8-10-16(11-9-14)22-17(15-6-4-3-5-7-15)12-21-19(22)24-13-18(23)20-2/h3-12H,13H2,1-2H3,(H,20,23). The molecule has 3 rings (SSSR count). The second-order valence-electron chi connectivity index (χ2n) is 5.42. The molecule has 0 unspecified atom stereocenters. The molecule has 0 atom stereocenters. The smallest absolute Gasteiger partial charge is 0.230 e. The van der Waals surface area contributed by atoms with Gasteiger partial charge in [-0.05, 0) is 19.1 Å². The van der Waals surface area contributed by atoms with Gasteiger partial charge in [-0.25, -0.2) is 4.98 Å². The van der Waals surface area contributed by atoms with Gasteiger partial charge >= 0.3 is 0 Å². The number of rotatable bonds is 5. The number of thioether (sulfide) groups is 1. The van der Waals surface area contributed by atoms with E-state index >= 15 is 0 Å². The minimum Gasteiger partial charge on any atom is -0.358 e. The maximum absolute atomic E-state index is 11.6. The molecular formula is C19H19N3OS. The first kappa shape index (κ1) is 16.3. The molecule has 1 amide bonds. The van der Waals surface area contributed by atoms with Gasteiger partial charge in [0.25, 0.3) is 0 Å². The molecule has 0 fully saturated rings. The Bertz CT molecular complexity index is 826. The molecule has 5 heteroatoms. The number of carbonyl (C=O) groups is 1. The van der Waals surface area contributed by atoms with Gasteiger partial charge in [0.05, 0.1) is 17.6 Å². The minimum atomic E-state index is -0.0142. The third-order valence-corrected chi connectivity index (χ3v) is 4.66. The van der Waals surface area contributed by atoms with E-state index in [1.807, 2.05) is 24.4 Å². The lowest BCUT2D eigenvalue weighted by atomic mass is 10.1. The van der Waals surface area contributed by atoms with Crippen LogP contribution in [0.2, 0.25) is 0 Å². The summed E-state index contributed by atoms with van der Waals surface area (Å²) in [6, 6.07) is 18.5. The SMILES string of the molecule is CNC(=O)CSc1ncc(-c2ccccc2)n1-c1ccc(C)cc1. The van der Waals surface area contributed by atoms with Crippen LogP contribution >= 0.6 is 11.8 Å². The molecule has 1 aromatic heterocycles. The highest BCUT2D eigenvalue weighted by Gasteiger charge is 2.15. The van der Waals surface area contributed by atoms with E-state index in [9.17, 15) is 4.79 Å². The lowest BCUT2D eigenvalue weighted by molar-refractivity contribution is -0.118. The molecule has 0 spiro atoms. The Morgan fingerprint density at radius 1 is 1.12 bits per heavy atom. The summed E-state index contributed by atoms with van der Waals surface area (Å²) in [5.74, 6) is 0.327. The van der Waals surface area contributed by atoms with Crippen LogP contribution in [0.25, 0.3) is 16.9 Å². The zero-order chi connectivity index (χ0) is 16.9. The zero-order valence-corrected chi connectivity index (χ0v) is 14.5. The van der Waals surface area contributed by atoms with Crippen molar-refractivity contribution in [3.63, 3.8) is 0 Å². The van der Waals surface area contributed by atoms with E-state index in [1.54, 1.807) is 7.05 Å². The normalized spacial score (nSPS) is 10.6. The van der Waals surface area contributed by atoms with Crippen LogP contribution in [0.1, 0.15) is 5.56 Å². The van der Waals surface area contributed by atoms with Gasteiger partial charge in [0.15, 0.2) is 5.16 Å². The van der Waals surface area contributed by atoms with Crippen molar-refractivity contribution in [2.45, 2.75) is 12.1 Å². The summed E-state index contributed by atoms with van der Waals surface area (Å²) >= 11 is 1.43. The van der Waals surface area contributed by atoms with Gasteiger partial charge in [0.1, 0.15) is 0 Å². The summed E-state index contributed by atoms with van der Waals surface area (Å²) in [7, 11) is 1.64. The monoisotopic (exact) mass is 337 g/mol. The average molecular weight is 337 g/mol. The molecule has 0 aliphatic rings. The van der Waals surface area contributed by atoms with E-state index in [-0.39, 0.29) is 5.91 Å². The number of hydrogen-bond donors (Lipinski definition) is 1. The number of aromatic nitrogens is 2. The van der Waals surface area contributed by atoms with Crippen LogP contribution in [-0.4, -0.2) is 28.3 Å². The Labute approximate surface area is 145 Å². The van der Waals surface area contributed by atoms with Gasteiger partial charge in [-0.1, -0.05) is 59.8 Å². The van der Waals surface area contributed by atoms with Crippen LogP contribution in [0.4, 0.5) is 0 Å². The van der Waals surface area contributed by atoms with Crippen molar-refractivity contribution in [2.75, 3.05) is 12.8 Å². The largest absolute Gasteiger partial charge is 0.358 e. The van der Waals surface area contributed by atoms with Crippen molar-refractivity contribution in [1.29, 1.82) is 0 Å². The predicted molar refractivity (Wildman–Crippen MR) is 98.5 cm³/mol. The van der Waals surface area contributed by atoms with Crippen molar-refractivity contribution in [3.05, 3.63) is 66.4 Å². The van der Waals surface area contributed by atoms with Crippen molar-refractivity contribution in [3.8, 4) is 16.9 Å². The van der Waals surface area contributed by atoms with Crippen molar-refractivity contribution in [1.82, 2.24) is 14.9 Å². The fourth-order valence-electron chi connectivity index (χ4n) is 2.39. The second kappa shape index (κ2) is 7.36. The molecule has 0 radical (unpaired) electrons. The lowest BCUT2D eigenvalue weighted by Crippen LogP contribution is -2.20. The lowest BCUT2D eigenvalue weighted by Gasteiger charge is -2.12. The zero-order valence-electron chi connectivity index (χ0n) is 13.7. The highest BCUT2D eigenvalue weighted by atomic mass is 32.2. The molecule has 0 aliphatic heterocycles. The van der Waals surface area contributed by atoms with Crippen molar-refractivity contribution >= 4 is 17.7 Å². The molecule has 0 aliphatic carbocycles. The average Bonchev–Trinajstić information content (AvgIpc) is 3.05. The third kappa shape index (κ3) is 3.51. The van der Waals surface area contributed by atoms with E-state index < -0.39 is 0 Å². The molecule has 122 valence electrons. The van der Waals surface area contributed by atoms with E-state index in [4.69, 9.17) is 0 Å². The first-order valence-corrected chi connectivity index (χ1v) is 8.71. The fourth-order valence-corrected chi connectivity index (χ4v) is 3.26. The van der Waals surface area contributed by atoms with Crippen LogP contribution in [0.5, 0.6) is 0 Å². The van der Waals surface area contributed by atoms with E-state index in [2.05, 4.69) is 58.2 Å². The van der Waals surface area contributed by atoms with Crippen molar-refractivity contribution < 1.29 is 4.79 Å². The summed E-state index contributed by atoms with van der Waals surface area (Å²) in [6.45, 7) is 2.07. The third-order valence-electron chi connectivity index (χ3n) is 3.70. The number of carbonyl (C=O) groups excluding carboxylic acids is 1. The number of amides is 1. The fraction of sp³-hybridized carbons (Fsp3) is 0.158. The maximum atomic E-state index is 11.6. The van der Waals surface area contributed by atoms with Gasteiger partial charge in [0.2, 0.25) is 5.91 Å². The van der Waals surface area contributed by atoms with E-state index in [0.717, 1.165) is 22.1 Å². The Kier molecular flexibility index (Phi) is 5.01. The maximum Gasteiger partial charge on any atom is 0.230 e. The molecule has 0 saturated heterocycles. The molecule has 3 aromatic rings. The topological polar surface area (TPSA) is 46.9 Å². The second-order valence-corrected chi connectivity index (χ2v) is 6.37. The highest BCUT2D eigenvalue weighted by molar-refractivity contribution is 7.99. The number of hydrogen-bond acceptors (Lipinski definition) is 3. The van der Waals surface area contributed by atoms with E-state index in [0.29, 0.717) is 5.75 Å². The molecule has 24 heavy (non-hydrogen) atoms. The molecule has 0 saturated carbocycles. The van der Waals surface area contributed by atoms with Gasteiger partial charge < -0.3 is 5.32 Å². The summed E-state index contributed by atoms with van der Waals surface area (Å²) in [5.41, 5.74) is 4.35. The first-order chi connectivity index (χ1) is 11.7. The summed E-state index contributed by atoms with van der Waals surface area (Å²) < 4.78 is 2.10. The quantitative estimate of drug-likeness (QED) is 0.722. The summed E-state index contributed by atoms with van der Waals surface area (Å²) in [5, 5.41) is 3.45. The van der Waals surface area contributed by atoms with Crippen LogP contribution in [0, 0.1) is 6.92 Å². The number of benzene rings is 2. The number of aryl methyl sites for hydroxylation is 1. The Balaban J connectivity index is 2.05. The molecular weight excluding hydrogens is 318 g/mol. The van der Waals surface area contributed by atoms with Gasteiger partial charge in [-0.2, -0.15) is 0 Å². The van der Waals surface area contributed by atoms with Crippen molar-refractivity contribution in [2.24, 2.45) is 0 Å². The van der Waals surface area contributed by atoms with Crippen LogP contribution in [-0.2, 0) is 4.79 Å². The Morgan fingerprint density at radius 3 is 2.50 bits per heavy atom. The first-order valence-electron chi connectivity index (χ1n) is 7.72. The molecule has 1 N–H and O–H groups in total. The molecule has 1 heterocycles. The Morgan fingerprint density at radius 2 is 1.83 bits per heavy atom. The predicted octanol–water partition coefficient (Wildman–Crippen LogP) is 3.69. The highest BCUT2D eigenvalue weighted by Crippen LogP contribution is 2.29. The summed E-state index contributed by atoms with van der Waals surface area (Å²) in [4.78, 5) is 16.1. The van der Waals surface area contributed by atoms with Crippen LogP contribution < -0.4 is 5.32 Å². The Hall–Kier alpha value is -2.53. The molecule has 0 bridgehead atoms. The molecule has 4 nitrogen and oxygen atoms in total.